The number of aliphatic hydroxyl groups is 1. The first kappa shape index (κ1) is 15.1. The first-order chi connectivity index (χ1) is 8.93. The van der Waals surface area contributed by atoms with E-state index in [9.17, 15) is 0 Å². The molecule has 18 heavy (non-hydrogen) atoms. The van der Waals surface area contributed by atoms with Crippen molar-refractivity contribution in [3.05, 3.63) is 35.9 Å². The molecule has 0 aromatic heterocycles. The summed E-state index contributed by atoms with van der Waals surface area (Å²) < 4.78 is 15.8. The molecule has 0 aliphatic carbocycles. The van der Waals surface area contributed by atoms with Gasteiger partial charge in [-0.3, -0.25) is 0 Å². The van der Waals surface area contributed by atoms with Crippen LogP contribution >= 0.6 is 0 Å². The van der Waals surface area contributed by atoms with Crippen LogP contribution in [0.5, 0.6) is 0 Å². The molecule has 0 fully saturated rings. The molecule has 4 heteroatoms. The van der Waals surface area contributed by atoms with Gasteiger partial charge in [0.15, 0.2) is 0 Å². The molecule has 0 atom stereocenters. The van der Waals surface area contributed by atoms with Gasteiger partial charge in [-0.25, -0.2) is 0 Å². The lowest BCUT2D eigenvalue weighted by Crippen LogP contribution is -2.11. The van der Waals surface area contributed by atoms with E-state index in [2.05, 4.69) is 6.07 Å². The zero-order chi connectivity index (χ0) is 12.9. The molecule has 1 rings (SSSR count). The van der Waals surface area contributed by atoms with Gasteiger partial charge in [-0.15, -0.1) is 0 Å². The Morgan fingerprint density at radius 3 is 2.17 bits per heavy atom. The van der Waals surface area contributed by atoms with Crippen LogP contribution in [-0.2, 0) is 20.6 Å². The Morgan fingerprint density at radius 1 is 0.889 bits per heavy atom. The smallest absolute Gasteiger partial charge is 0.0701 e. The standard InChI is InChI=1S/C14H21O4/c15-7-9-17-11-13-18-12-10-16-8-6-14-4-2-1-3-5-14/h1-4,15H,6-13H2. The molecule has 0 heterocycles. The molecule has 0 spiro atoms. The van der Waals surface area contributed by atoms with Crippen molar-refractivity contribution in [3.8, 4) is 0 Å². The first-order valence-electron chi connectivity index (χ1n) is 6.23. The fourth-order valence-electron chi connectivity index (χ4n) is 1.37. The summed E-state index contributed by atoms with van der Waals surface area (Å²) in [6.45, 7) is 3.32. The quantitative estimate of drug-likeness (QED) is 0.599. The third-order valence-electron chi connectivity index (χ3n) is 2.27. The van der Waals surface area contributed by atoms with Gasteiger partial charge < -0.3 is 19.3 Å². The second-order valence-electron chi connectivity index (χ2n) is 3.70. The SMILES string of the molecule is OCCOCCOCCOCCc1[c]cccc1. The van der Waals surface area contributed by atoms with Crippen LogP contribution in [0.2, 0.25) is 0 Å². The van der Waals surface area contributed by atoms with E-state index in [4.69, 9.17) is 19.3 Å². The van der Waals surface area contributed by atoms with Crippen molar-refractivity contribution < 1.29 is 19.3 Å². The summed E-state index contributed by atoms with van der Waals surface area (Å²) in [5, 5.41) is 8.47. The van der Waals surface area contributed by atoms with E-state index in [0.717, 1.165) is 12.0 Å². The van der Waals surface area contributed by atoms with E-state index in [1.165, 1.54) is 0 Å². The highest BCUT2D eigenvalue weighted by Gasteiger charge is 1.93. The van der Waals surface area contributed by atoms with E-state index in [1.54, 1.807) is 0 Å². The lowest BCUT2D eigenvalue weighted by Gasteiger charge is -2.06. The van der Waals surface area contributed by atoms with Crippen molar-refractivity contribution in [3.63, 3.8) is 0 Å². The highest BCUT2D eigenvalue weighted by Crippen LogP contribution is 1.98. The summed E-state index contributed by atoms with van der Waals surface area (Å²) in [5.41, 5.74) is 1.16. The highest BCUT2D eigenvalue weighted by atomic mass is 16.5. The molecule has 1 radical (unpaired) electrons. The Kier molecular flexibility index (Phi) is 9.38. The lowest BCUT2D eigenvalue weighted by atomic mass is 10.2. The third-order valence-corrected chi connectivity index (χ3v) is 2.27. The second kappa shape index (κ2) is 11.2. The third kappa shape index (κ3) is 8.20. The largest absolute Gasteiger partial charge is 0.394 e. The monoisotopic (exact) mass is 253 g/mol. The van der Waals surface area contributed by atoms with Crippen molar-refractivity contribution >= 4 is 0 Å². The minimum absolute atomic E-state index is 0.0552. The van der Waals surface area contributed by atoms with Gasteiger partial charge >= 0.3 is 0 Å². The van der Waals surface area contributed by atoms with Crippen molar-refractivity contribution in [1.82, 2.24) is 0 Å². The van der Waals surface area contributed by atoms with E-state index < -0.39 is 0 Å². The maximum absolute atomic E-state index is 8.47. The predicted octanol–water partition coefficient (Wildman–Crippen LogP) is 1.07. The lowest BCUT2D eigenvalue weighted by molar-refractivity contribution is 0.00816. The van der Waals surface area contributed by atoms with Crippen molar-refractivity contribution in [2.24, 2.45) is 0 Å². The molecular formula is C14H21O4. The van der Waals surface area contributed by atoms with Crippen LogP contribution in [-0.4, -0.2) is 51.4 Å². The van der Waals surface area contributed by atoms with Gasteiger partial charge in [-0.05, 0) is 18.1 Å². The molecule has 1 aromatic carbocycles. The van der Waals surface area contributed by atoms with Gasteiger partial charge in [0, 0.05) is 0 Å². The van der Waals surface area contributed by atoms with Crippen LogP contribution in [0.3, 0.4) is 0 Å². The summed E-state index contributed by atoms with van der Waals surface area (Å²) >= 11 is 0. The fourth-order valence-corrected chi connectivity index (χ4v) is 1.37. The van der Waals surface area contributed by atoms with Crippen molar-refractivity contribution in [2.45, 2.75) is 6.42 Å². The Labute approximate surface area is 108 Å². The number of hydrogen-bond donors (Lipinski definition) is 1. The molecule has 1 N–H and O–H groups in total. The molecule has 0 bridgehead atoms. The highest BCUT2D eigenvalue weighted by molar-refractivity contribution is 5.12. The average molecular weight is 253 g/mol. The Bertz CT molecular complexity index is 276. The number of rotatable bonds is 11. The molecule has 0 saturated carbocycles. The molecule has 0 unspecified atom stereocenters. The van der Waals surface area contributed by atoms with Gasteiger partial charge in [-0.1, -0.05) is 24.3 Å². The predicted molar refractivity (Wildman–Crippen MR) is 68.5 cm³/mol. The molecular weight excluding hydrogens is 232 g/mol. The molecule has 4 nitrogen and oxygen atoms in total. The van der Waals surface area contributed by atoms with Crippen LogP contribution in [0.25, 0.3) is 0 Å². The van der Waals surface area contributed by atoms with Gasteiger partial charge in [0.2, 0.25) is 0 Å². The normalized spacial score (nSPS) is 10.7. The molecule has 0 aliphatic rings. The van der Waals surface area contributed by atoms with Crippen molar-refractivity contribution in [1.29, 1.82) is 0 Å². The summed E-state index contributed by atoms with van der Waals surface area (Å²) in [5.74, 6) is 0. The summed E-state index contributed by atoms with van der Waals surface area (Å²) in [6.07, 6.45) is 0.875. The second-order valence-corrected chi connectivity index (χ2v) is 3.70. The number of aliphatic hydroxyl groups excluding tert-OH is 1. The van der Waals surface area contributed by atoms with Crippen LogP contribution in [0, 0.1) is 6.07 Å². The minimum Gasteiger partial charge on any atom is -0.394 e. The van der Waals surface area contributed by atoms with E-state index in [0.29, 0.717) is 39.6 Å². The van der Waals surface area contributed by atoms with Gasteiger partial charge in [0.25, 0.3) is 0 Å². The number of benzene rings is 1. The average Bonchev–Trinajstić information content (AvgIpc) is 2.42. The zero-order valence-corrected chi connectivity index (χ0v) is 10.6. The van der Waals surface area contributed by atoms with E-state index >= 15 is 0 Å². The molecule has 101 valence electrons. The van der Waals surface area contributed by atoms with Crippen LogP contribution in [0.15, 0.2) is 24.3 Å². The van der Waals surface area contributed by atoms with Crippen LogP contribution < -0.4 is 0 Å². The summed E-state index contributed by atoms with van der Waals surface area (Å²) in [6, 6.07) is 11.1. The number of ether oxygens (including phenoxy) is 3. The topological polar surface area (TPSA) is 47.9 Å². The zero-order valence-electron chi connectivity index (χ0n) is 10.6. The van der Waals surface area contributed by atoms with E-state index in [1.807, 2.05) is 24.3 Å². The van der Waals surface area contributed by atoms with Gasteiger partial charge in [0.05, 0.1) is 46.2 Å². The summed E-state index contributed by atoms with van der Waals surface area (Å²) in [4.78, 5) is 0. The van der Waals surface area contributed by atoms with Gasteiger partial charge in [-0.2, -0.15) is 0 Å². The number of hydrogen-bond acceptors (Lipinski definition) is 4. The van der Waals surface area contributed by atoms with E-state index in [-0.39, 0.29) is 6.61 Å². The Hall–Kier alpha value is -0.940. The molecule has 0 saturated heterocycles. The maximum atomic E-state index is 8.47. The first-order valence-corrected chi connectivity index (χ1v) is 6.23. The Balaban J connectivity index is 1.82. The minimum atomic E-state index is 0.0552. The molecule has 0 aliphatic heterocycles. The van der Waals surface area contributed by atoms with Crippen LogP contribution in [0.4, 0.5) is 0 Å². The van der Waals surface area contributed by atoms with Gasteiger partial charge in [0.1, 0.15) is 0 Å². The Morgan fingerprint density at radius 2 is 1.56 bits per heavy atom. The molecule has 0 amide bonds. The van der Waals surface area contributed by atoms with Crippen molar-refractivity contribution in [2.75, 3.05) is 46.2 Å². The summed E-state index contributed by atoms with van der Waals surface area (Å²) in [7, 11) is 0. The molecule has 1 aromatic rings. The van der Waals surface area contributed by atoms with Crippen LogP contribution in [0.1, 0.15) is 5.56 Å². The maximum Gasteiger partial charge on any atom is 0.0701 e. The fraction of sp³-hybridized carbons (Fsp3) is 0.571.